The molecule has 0 spiro atoms. The molecule has 3 rings (SSSR count). The van der Waals surface area contributed by atoms with Crippen LogP contribution < -0.4 is 17.5 Å². The van der Waals surface area contributed by atoms with Gasteiger partial charge in [0.1, 0.15) is 5.60 Å². The Kier molecular flexibility index (Phi) is 14.9. The van der Waals surface area contributed by atoms with E-state index in [9.17, 15) is 31.4 Å². The van der Waals surface area contributed by atoms with Crippen LogP contribution >= 0.6 is 0 Å². The van der Waals surface area contributed by atoms with Crippen molar-refractivity contribution in [3.63, 3.8) is 0 Å². The third kappa shape index (κ3) is 9.94. The molecule has 9 heteroatoms. The fourth-order valence-electron chi connectivity index (χ4n) is 2.02. The molecular formula is C23H18BiClF6O. The van der Waals surface area contributed by atoms with E-state index in [0.717, 1.165) is 18.2 Å². The minimum Gasteiger partial charge on any atom is -1.00 e. The van der Waals surface area contributed by atoms with Gasteiger partial charge in [-0.3, -0.25) is 0 Å². The van der Waals surface area contributed by atoms with E-state index in [2.05, 4.69) is 25.3 Å². The van der Waals surface area contributed by atoms with Gasteiger partial charge in [0.05, 0.1) is 0 Å². The summed E-state index contributed by atoms with van der Waals surface area (Å²) < 4.78 is 73.4. The van der Waals surface area contributed by atoms with Gasteiger partial charge < -0.3 is 17.5 Å². The number of alkyl halides is 6. The second-order valence-corrected chi connectivity index (χ2v) is 6.11. The predicted octanol–water partition coefficient (Wildman–Crippen LogP) is 2.51. The van der Waals surface area contributed by atoms with E-state index in [-0.39, 0.29) is 38.6 Å². The summed E-state index contributed by atoms with van der Waals surface area (Å²) in [4.78, 5) is 0. The van der Waals surface area contributed by atoms with Crippen LogP contribution in [0.2, 0.25) is 0 Å². The molecule has 0 unspecified atom stereocenters. The Balaban J connectivity index is 0. The van der Waals surface area contributed by atoms with Crippen LogP contribution in [-0.4, -0.2) is 38.6 Å². The average Bonchev–Trinajstić information content (AvgIpc) is 2.68. The number of hydrogen-bond acceptors (Lipinski definition) is 1. The van der Waals surface area contributed by atoms with E-state index in [1.165, 1.54) is 11.1 Å². The fourth-order valence-corrected chi connectivity index (χ4v) is 2.02. The molecule has 0 heterocycles. The Labute approximate surface area is 209 Å². The van der Waals surface area contributed by atoms with Gasteiger partial charge in [0.15, 0.2) is 0 Å². The van der Waals surface area contributed by atoms with Crippen LogP contribution in [0.15, 0.2) is 83.3 Å². The summed E-state index contributed by atoms with van der Waals surface area (Å²) >= 11 is 0. The average molecular weight is 669 g/mol. The van der Waals surface area contributed by atoms with E-state index in [0.29, 0.717) is 6.07 Å². The fraction of sp³-hybridized carbons (Fsp3) is 0.217. The van der Waals surface area contributed by atoms with Gasteiger partial charge in [-0.05, 0) is 49.8 Å². The summed E-state index contributed by atoms with van der Waals surface area (Å²) in [6.45, 7) is 4.13. The molecule has 2 aliphatic rings. The Hall–Kier alpha value is -1.55. The largest absolute Gasteiger partial charge is 2.00 e. The minimum atomic E-state index is -5.97. The van der Waals surface area contributed by atoms with Crippen molar-refractivity contribution in [1.29, 1.82) is 0 Å². The van der Waals surface area contributed by atoms with E-state index < -0.39 is 23.5 Å². The van der Waals surface area contributed by atoms with Crippen molar-refractivity contribution in [1.82, 2.24) is 0 Å². The maximum absolute atomic E-state index is 12.2. The van der Waals surface area contributed by atoms with Crippen molar-refractivity contribution in [2.75, 3.05) is 0 Å². The summed E-state index contributed by atoms with van der Waals surface area (Å²) in [7, 11) is 0. The SMILES string of the molecule is CC1=CC=C=C[CH]1.CC1=CC=C=C[CH]1.[Bi+2].[Cl-].[O-]C(c1[c]cccc1)(C(F)(F)F)C(F)(F)F. The second-order valence-electron chi connectivity index (χ2n) is 6.11. The number of benzene rings is 1. The van der Waals surface area contributed by atoms with Gasteiger partial charge in [-0.15, -0.1) is 11.5 Å². The van der Waals surface area contributed by atoms with Crippen molar-refractivity contribution in [2.45, 2.75) is 31.8 Å². The van der Waals surface area contributed by atoms with Crippen LogP contribution in [0.25, 0.3) is 0 Å². The van der Waals surface area contributed by atoms with Crippen molar-refractivity contribution in [3.8, 4) is 0 Å². The number of rotatable bonds is 1. The molecule has 1 nitrogen and oxygen atoms in total. The van der Waals surface area contributed by atoms with Crippen LogP contribution in [0.1, 0.15) is 19.4 Å². The number of halogens is 7. The molecule has 0 aliphatic heterocycles. The van der Waals surface area contributed by atoms with Crippen LogP contribution in [-0.2, 0) is 5.60 Å². The number of allylic oxidation sites excluding steroid dienone is 6. The zero-order valence-electron chi connectivity index (χ0n) is 16.9. The molecule has 0 N–H and O–H groups in total. The third-order valence-corrected chi connectivity index (χ3v) is 3.66. The van der Waals surface area contributed by atoms with Crippen molar-refractivity contribution >= 4 is 26.2 Å². The Morgan fingerprint density at radius 3 is 1.41 bits per heavy atom. The molecule has 0 aromatic heterocycles. The molecule has 0 atom stereocenters. The first kappa shape index (κ1) is 32.6. The summed E-state index contributed by atoms with van der Waals surface area (Å²) in [6, 6.07) is 5.02. The summed E-state index contributed by atoms with van der Waals surface area (Å²) in [5, 5.41) is 11.1. The van der Waals surface area contributed by atoms with Gasteiger partial charge >= 0.3 is 38.6 Å². The molecule has 2 aliphatic carbocycles. The first-order valence-corrected chi connectivity index (χ1v) is 8.56. The molecule has 0 saturated heterocycles. The standard InChI is InChI=1S/C9H4F6O.2C7H7.Bi.ClH/c10-8(11,12)7(16,9(13,14)15)6-4-2-1-3-5-6;2*1-7-5-3-2-4-6-7;;/h1-4H;2*3-6H,1H3;;1H/q-1;;;+2;/p-1. The van der Waals surface area contributed by atoms with Crippen LogP contribution in [0.3, 0.4) is 0 Å². The molecule has 170 valence electrons. The molecular weight excluding hydrogens is 651 g/mol. The number of hydrogen-bond donors (Lipinski definition) is 0. The Morgan fingerprint density at radius 2 is 1.19 bits per heavy atom. The maximum Gasteiger partial charge on any atom is 2.00 e. The summed E-state index contributed by atoms with van der Waals surface area (Å²) in [5.41, 5.74) is 1.82. The Bertz CT molecular complexity index is 833. The maximum atomic E-state index is 12.2. The third-order valence-electron chi connectivity index (χ3n) is 3.66. The van der Waals surface area contributed by atoms with Crippen molar-refractivity contribution < 1.29 is 43.9 Å². The van der Waals surface area contributed by atoms with Gasteiger partial charge in [-0.25, -0.2) is 0 Å². The van der Waals surface area contributed by atoms with Gasteiger partial charge in [0.25, 0.3) is 0 Å². The second kappa shape index (κ2) is 14.6. The molecule has 0 amide bonds. The van der Waals surface area contributed by atoms with E-state index >= 15 is 0 Å². The van der Waals surface area contributed by atoms with Gasteiger partial charge in [-0.1, -0.05) is 47.6 Å². The van der Waals surface area contributed by atoms with Gasteiger partial charge in [-0.2, -0.15) is 26.3 Å². The molecule has 1 aromatic carbocycles. The van der Waals surface area contributed by atoms with Crippen molar-refractivity contribution in [2.24, 2.45) is 0 Å². The van der Waals surface area contributed by atoms with Crippen LogP contribution in [0.5, 0.6) is 0 Å². The zero-order chi connectivity index (χ0) is 22.8. The van der Waals surface area contributed by atoms with E-state index in [1.807, 2.05) is 49.3 Å². The first-order valence-electron chi connectivity index (χ1n) is 8.56. The summed E-state index contributed by atoms with van der Waals surface area (Å²) in [5.74, 6) is 0. The normalized spacial score (nSPS) is 14.4. The molecule has 6 radical (unpaired) electrons. The molecule has 1 aromatic rings. The molecule has 32 heavy (non-hydrogen) atoms. The minimum absolute atomic E-state index is 0. The van der Waals surface area contributed by atoms with E-state index in [4.69, 9.17) is 0 Å². The van der Waals surface area contributed by atoms with Gasteiger partial charge in [0.2, 0.25) is 0 Å². The summed E-state index contributed by atoms with van der Waals surface area (Å²) in [6.07, 6.45) is 3.82. The first-order chi connectivity index (χ1) is 13.9. The van der Waals surface area contributed by atoms with Crippen molar-refractivity contribution in [3.05, 3.63) is 108 Å². The molecule has 0 fully saturated rings. The van der Waals surface area contributed by atoms with Crippen LogP contribution in [0.4, 0.5) is 26.3 Å². The Morgan fingerprint density at radius 1 is 0.750 bits per heavy atom. The van der Waals surface area contributed by atoms with E-state index in [1.54, 1.807) is 6.07 Å². The monoisotopic (exact) mass is 668 g/mol. The smallest absolute Gasteiger partial charge is 1.00 e. The molecule has 0 saturated carbocycles. The van der Waals surface area contributed by atoms with Crippen LogP contribution in [0, 0.1) is 18.9 Å². The zero-order valence-corrected chi connectivity index (χ0v) is 21.2. The topological polar surface area (TPSA) is 23.1 Å². The quantitative estimate of drug-likeness (QED) is 0.257. The predicted molar refractivity (Wildman–Crippen MR) is 106 cm³/mol. The molecule has 0 bridgehead atoms. The van der Waals surface area contributed by atoms with Gasteiger partial charge in [0, 0.05) is 12.8 Å².